The average Bonchev–Trinajstić information content (AvgIpc) is 2.94. The molecule has 0 aliphatic carbocycles. The first-order valence-corrected chi connectivity index (χ1v) is 8.03. The van der Waals surface area contributed by atoms with E-state index in [-0.39, 0.29) is 12.7 Å². The predicted molar refractivity (Wildman–Crippen MR) is 86.2 cm³/mol. The van der Waals surface area contributed by atoms with Crippen LogP contribution in [0.15, 0.2) is 18.2 Å². The number of rotatable bonds is 2. The smallest absolute Gasteiger partial charge is 0.247 e. The SMILES string of the molecule is CC1CCCC(C)N1C(=O)/C=C/c1cc(Cl)c2c(c1)OCO2. The molecule has 2 aliphatic rings. The highest BCUT2D eigenvalue weighted by atomic mass is 35.5. The molecule has 0 N–H and O–H groups in total. The van der Waals surface area contributed by atoms with Crippen LogP contribution < -0.4 is 9.47 Å². The van der Waals surface area contributed by atoms with E-state index in [4.69, 9.17) is 21.1 Å². The number of carbonyl (C=O) groups excluding carboxylic acids is 1. The molecule has 0 bridgehead atoms. The molecule has 1 fully saturated rings. The van der Waals surface area contributed by atoms with E-state index in [1.807, 2.05) is 11.0 Å². The highest BCUT2D eigenvalue weighted by Crippen LogP contribution is 2.40. The second kappa shape index (κ2) is 6.21. The summed E-state index contributed by atoms with van der Waals surface area (Å²) in [6, 6.07) is 4.20. The van der Waals surface area contributed by atoms with E-state index in [2.05, 4.69) is 13.8 Å². The van der Waals surface area contributed by atoms with Crippen LogP contribution in [0.25, 0.3) is 6.08 Å². The molecule has 0 radical (unpaired) electrons. The number of carbonyl (C=O) groups is 1. The van der Waals surface area contributed by atoms with Crippen LogP contribution in [0, 0.1) is 0 Å². The van der Waals surface area contributed by atoms with Gasteiger partial charge in [0.15, 0.2) is 11.5 Å². The van der Waals surface area contributed by atoms with Gasteiger partial charge in [-0.15, -0.1) is 0 Å². The van der Waals surface area contributed by atoms with Crippen LogP contribution in [-0.2, 0) is 4.79 Å². The molecule has 118 valence electrons. The molecular formula is C17H20ClNO3. The zero-order chi connectivity index (χ0) is 15.7. The molecule has 1 amide bonds. The molecule has 1 aromatic carbocycles. The molecule has 2 atom stereocenters. The van der Waals surface area contributed by atoms with Crippen LogP contribution in [0.4, 0.5) is 0 Å². The number of nitrogens with zero attached hydrogens (tertiary/aromatic N) is 1. The number of ether oxygens (including phenoxy) is 2. The minimum absolute atomic E-state index is 0.0495. The molecule has 0 spiro atoms. The molecule has 4 nitrogen and oxygen atoms in total. The van der Waals surface area contributed by atoms with Crippen molar-refractivity contribution in [3.8, 4) is 11.5 Å². The average molecular weight is 322 g/mol. The Hall–Kier alpha value is -1.68. The van der Waals surface area contributed by atoms with Gasteiger partial charge in [0, 0.05) is 18.2 Å². The van der Waals surface area contributed by atoms with Crippen molar-refractivity contribution in [2.24, 2.45) is 0 Å². The van der Waals surface area contributed by atoms with Gasteiger partial charge in [-0.25, -0.2) is 0 Å². The Bertz CT molecular complexity index is 604. The van der Waals surface area contributed by atoms with Crippen molar-refractivity contribution < 1.29 is 14.3 Å². The lowest BCUT2D eigenvalue weighted by atomic mass is 9.97. The number of hydrogen-bond acceptors (Lipinski definition) is 3. The highest BCUT2D eigenvalue weighted by molar-refractivity contribution is 6.32. The largest absolute Gasteiger partial charge is 0.454 e. The highest BCUT2D eigenvalue weighted by Gasteiger charge is 2.27. The second-order valence-electron chi connectivity index (χ2n) is 5.94. The molecule has 2 unspecified atom stereocenters. The van der Waals surface area contributed by atoms with E-state index in [9.17, 15) is 4.79 Å². The summed E-state index contributed by atoms with van der Waals surface area (Å²) in [6.07, 6.45) is 6.73. The Kier molecular flexibility index (Phi) is 4.30. The third kappa shape index (κ3) is 2.93. The minimum atomic E-state index is 0.0495. The number of hydrogen-bond donors (Lipinski definition) is 0. The summed E-state index contributed by atoms with van der Waals surface area (Å²) in [5, 5.41) is 0.502. The minimum Gasteiger partial charge on any atom is -0.454 e. The summed E-state index contributed by atoms with van der Waals surface area (Å²) in [4.78, 5) is 14.4. The maximum absolute atomic E-state index is 12.5. The normalized spacial score (nSPS) is 24.0. The van der Waals surface area contributed by atoms with Crippen molar-refractivity contribution in [1.29, 1.82) is 0 Å². The maximum Gasteiger partial charge on any atom is 0.247 e. The van der Waals surface area contributed by atoms with Gasteiger partial charge in [-0.05, 0) is 56.9 Å². The Morgan fingerprint density at radius 2 is 2.00 bits per heavy atom. The van der Waals surface area contributed by atoms with Crippen molar-refractivity contribution >= 4 is 23.6 Å². The summed E-state index contributed by atoms with van der Waals surface area (Å²) in [6.45, 7) is 4.40. The number of likely N-dealkylation sites (tertiary alicyclic amines) is 1. The van der Waals surface area contributed by atoms with Gasteiger partial charge >= 0.3 is 0 Å². The van der Waals surface area contributed by atoms with Crippen molar-refractivity contribution in [3.63, 3.8) is 0 Å². The van der Waals surface area contributed by atoms with Gasteiger partial charge in [-0.3, -0.25) is 4.79 Å². The van der Waals surface area contributed by atoms with Crippen molar-refractivity contribution in [2.45, 2.75) is 45.2 Å². The first-order chi connectivity index (χ1) is 10.6. The standard InChI is InChI=1S/C17H20ClNO3/c1-11-4-3-5-12(2)19(11)16(20)7-6-13-8-14(18)17-15(9-13)21-10-22-17/h6-9,11-12H,3-5,10H2,1-2H3/b7-6+. The zero-order valence-corrected chi connectivity index (χ0v) is 13.6. The van der Waals surface area contributed by atoms with Gasteiger partial charge in [0.1, 0.15) is 0 Å². The van der Waals surface area contributed by atoms with Crippen LogP contribution in [0.1, 0.15) is 38.7 Å². The van der Waals surface area contributed by atoms with Crippen LogP contribution >= 0.6 is 11.6 Å². The molecule has 5 heteroatoms. The quantitative estimate of drug-likeness (QED) is 0.776. The first kappa shape index (κ1) is 15.2. The third-order valence-electron chi connectivity index (χ3n) is 4.32. The lowest BCUT2D eigenvalue weighted by molar-refractivity contribution is -0.131. The number of benzene rings is 1. The molecule has 0 aromatic heterocycles. The topological polar surface area (TPSA) is 38.8 Å². The first-order valence-electron chi connectivity index (χ1n) is 7.66. The van der Waals surface area contributed by atoms with Gasteiger partial charge in [0.05, 0.1) is 5.02 Å². The summed E-state index contributed by atoms with van der Waals surface area (Å²) in [5.41, 5.74) is 0.833. The van der Waals surface area contributed by atoms with Crippen molar-refractivity contribution in [3.05, 3.63) is 28.8 Å². The van der Waals surface area contributed by atoms with Crippen LogP contribution in [-0.4, -0.2) is 29.7 Å². The van der Waals surface area contributed by atoms with E-state index >= 15 is 0 Å². The number of halogens is 1. The van der Waals surface area contributed by atoms with Gasteiger partial charge in [-0.1, -0.05) is 11.6 Å². The molecular weight excluding hydrogens is 302 g/mol. The fourth-order valence-electron chi connectivity index (χ4n) is 3.19. The van der Waals surface area contributed by atoms with Crippen molar-refractivity contribution in [1.82, 2.24) is 4.90 Å². The molecule has 2 aliphatic heterocycles. The van der Waals surface area contributed by atoms with E-state index in [0.717, 1.165) is 18.4 Å². The van der Waals surface area contributed by atoms with E-state index in [0.29, 0.717) is 28.6 Å². The third-order valence-corrected chi connectivity index (χ3v) is 4.60. The van der Waals surface area contributed by atoms with Crippen LogP contribution in [0.2, 0.25) is 5.02 Å². The Morgan fingerprint density at radius 1 is 1.27 bits per heavy atom. The molecule has 1 aromatic rings. The molecule has 0 saturated carbocycles. The number of amides is 1. The lowest BCUT2D eigenvalue weighted by Crippen LogP contribution is -2.46. The van der Waals surface area contributed by atoms with E-state index in [1.165, 1.54) is 6.42 Å². The predicted octanol–water partition coefficient (Wildman–Crippen LogP) is 3.87. The zero-order valence-electron chi connectivity index (χ0n) is 12.8. The number of piperidine rings is 1. The van der Waals surface area contributed by atoms with Gasteiger partial charge in [-0.2, -0.15) is 0 Å². The summed E-state index contributed by atoms with van der Waals surface area (Å²) in [5.74, 6) is 1.25. The van der Waals surface area contributed by atoms with Gasteiger partial charge < -0.3 is 14.4 Å². The summed E-state index contributed by atoms with van der Waals surface area (Å²) in [7, 11) is 0. The monoisotopic (exact) mass is 321 g/mol. The molecule has 1 saturated heterocycles. The van der Waals surface area contributed by atoms with Crippen molar-refractivity contribution in [2.75, 3.05) is 6.79 Å². The lowest BCUT2D eigenvalue weighted by Gasteiger charge is -2.38. The fraction of sp³-hybridized carbons (Fsp3) is 0.471. The van der Waals surface area contributed by atoms with Gasteiger partial charge in [0.2, 0.25) is 12.7 Å². The Balaban J connectivity index is 1.76. The maximum atomic E-state index is 12.5. The van der Waals surface area contributed by atoms with Gasteiger partial charge in [0.25, 0.3) is 0 Å². The number of fused-ring (bicyclic) bond motifs is 1. The van der Waals surface area contributed by atoms with Crippen LogP contribution in [0.5, 0.6) is 11.5 Å². The Labute approximate surface area is 135 Å². The molecule has 2 heterocycles. The fourth-order valence-corrected chi connectivity index (χ4v) is 3.47. The summed E-state index contributed by atoms with van der Waals surface area (Å²) < 4.78 is 10.6. The van der Waals surface area contributed by atoms with Crippen LogP contribution in [0.3, 0.4) is 0 Å². The van der Waals surface area contributed by atoms with E-state index < -0.39 is 0 Å². The Morgan fingerprint density at radius 3 is 2.73 bits per heavy atom. The molecule has 22 heavy (non-hydrogen) atoms. The second-order valence-corrected chi connectivity index (χ2v) is 6.35. The van der Waals surface area contributed by atoms with E-state index in [1.54, 1.807) is 18.2 Å². The summed E-state index contributed by atoms with van der Waals surface area (Å²) >= 11 is 6.15. The molecule has 3 rings (SSSR count).